The van der Waals surface area contributed by atoms with Gasteiger partial charge in [-0.1, -0.05) is 29.8 Å². The summed E-state index contributed by atoms with van der Waals surface area (Å²) in [4.78, 5) is 10.5. The number of anilines is 1. The van der Waals surface area contributed by atoms with Gasteiger partial charge in [0.15, 0.2) is 0 Å². The summed E-state index contributed by atoms with van der Waals surface area (Å²) in [5, 5.41) is 9.30. The molecular formula is C25H21ClF3NO6S. The van der Waals surface area contributed by atoms with E-state index >= 15 is 0 Å². The molecule has 0 amide bonds. The van der Waals surface area contributed by atoms with Crippen molar-refractivity contribution in [2.75, 3.05) is 18.0 Å². The maximum Gasteiger partial charge on any atom is 0.416 e. The standard InChI is InChI=1S/C25H21ClF3NO6S/c1-35-17-6-2-4-15(10-17)20-12-22-23(13-21(20)26)36-18(8-9-24(31)32)14-30(22)37(33,34)19-7-3-5-16(11-19)25(27,28)29/h2-7,10-13,18H,8-9,14H2,1H3,(H,31,32)/t18-/m0/s1. The van der Waals surface area contributed by atoms with Crippen molar-refractivity contribution in [1.82, 2.24) is 0 Å². The second kappa shape index (κ2) is 10.1. The smallest absolute Gasteiger partial charge is 0.416 e. The molecule has 0 unspecified atom stereocenters. The first-order valence-corrected chi connectivity index (χ1v) is 12.8. The fraction of sp³-hybridized carbons (Fsp3) is 0.240. The van der Waals surface area contributed by atoms with Crippen LogP contribution in [0.4, 0.5) is 18.9 Å². The van der Waals surface area contributed by atoms with Gasteiger partial charge < -0.3 is 14.6 Å². The van der Waals surface area contributed by atoms with E-state index in [1.165, 1.54) is 19.2 Å². The Morgan fingerprint density at radius 3 is 2.57 bits per heavy atom. The number of carboxylic acid groups (broad SMARTS) is 1. The van der Waals surface area contributed by atoms with Gasteiger partial charge in [0.1, 0.15) is 17.6 Å². The molecule has 0 radical (unpaired) electrons. The van der Waals surface area contributed by atoms with Crippen molar-refractivity contribution in [3.05, 3.63) is 71.2 Å². The molecule has 0 aromatic heterocycles. The normalized spacial score (nSPS) is 15.6. The molecule has 0 saturated heterocycles. The van der Waals surface area contributed by atoms with Crippen molar-refractivity contribution in [3.8, 4) is 22.6 Å². The third-order valence-corrected chi connectivity index (χ3v) is 7.88. The van der Waals surface area contributed by atoms with Gasteiger partial charge in [0.05, 0.1) is 34.8 Å². The lowest BCUT2D eigenvalue weighted by atomic mass is 10.0. The summed E-state index contributed by atoms with van der Waals surface area (Å²) in [5.41, 5.74) is -0.00317. The zero-order valence-electron chi connectivity index (χ0n) is 19.3. The van der Waals surface area contributed by atoms with Crippen LogP contribution in [0.5, 0.6) is 11.5 Å². The monoisotopic (exact) mass is 555 g/mol. The predicted octanol–water partition coefficient (Wildman–Crippen LogP) is 5.86. The molecule has 0 spiro atoms. The van der Waals surface area contributed by atoms with Crippen LogP contribution < -0.4 is 13.8 Å². The van der Waals surface area contributed by atoms with Crippen LogP contribution in [0, 0.1) is 0 Å². The zero-order chi connectivity index (χ0) is 27.0. The molecule has 1 heterocycles. The summed E-state index contributed by atoms with van der Waals surface area (Å²) in [7, 11) is -3.03. The van der Waals surface area contributed by atoms with Crippen LogP contribution in [0.1, 0.15) is 18.4 Å². The first-order valence-electron chi connectivity index (χ1n) is 11.0. The maximum absolute atomic E-state index is 13.7. The number of ether oxygens (including phenoxy) is 2. The molecule has 12 heteroatoms. The number of methoxy groups -OCH3 is 1. The maximum atomic E-state index is 13.7. The Labute approximate surface area is 216 Å². The summed E-state index contributed by atoms with van der Waals surface area (Å²) in [6, 6.07) is 13.2. The first-order chi connectivity index (χ1) is 17.4. The SMILES string of the molecule is COc1cccc(-c2cc3c(cc2Cl)O[C@@H](CCC(=O)O)CN3S(=O)(=O)c2cccc(C(F)(F)F)c2)c1. The fourth-order valence-electron chi connectivity index (χ4n) is 3.97. The van der Waals surface area contributed by atoms with Gasteiger partial charge in [0, 0.05) is 18.1 Å². The van der Waals surface area contributed by atoms with Crippen LogP contribution >= 0.6 is 11.6 Å². The summed E-state index contributed by atoms with van der Waals surface area (Å²) < 4.78 is 79.4. The summed E-state index contributed by atoms with van der Waals surface area (Å²) in [6.45, 7) is -0.307. The van der Waals surface area contributed by atoms with E-state index in [1.54, 1.807) is 24.3 Å². The average molecular weight is 556 g/mol. The molecule has 3 aromatic carbocycles. The molecule has 4 rings (SSSR count). The highest BCUT2D eigenvalue weighted by Crippen LogP contribution is 2.44. The Bertz CT molecular complexity index is 1440. The highest BCUT2D eigenvalue weighted by Gasteiger charge is 2.37. The van der Waals surface area contributed by atoms with Crippen molar-refractivity contribution < 1.29 is 41.0 Å². The quantitative estimate of drug-likeness (QED) is 0.393. The van der Waals surface area contributed by atoms with Crippen molar-refractivity contribution in [3.63, 3.8) is 0 Å². The Balaban J connectivity index is 1.85. The highest BCUT2D eigenvalue weighted by atomic mass is 35.5. The van der Waals surface area contributed by atoms with Gasteiger partial charge in [0.25, 0.3) is 10.0 Å². The van der Waals surface area contributed by atoms with Gasteiger partial charge in [-0.05, 0) is 48.4 Å². The van der Waals surface area contributed by atoms with Crippen LogP contribution in [-0.2, 0) is 21.0 Å². The number of halogens is 4. The molecule has 0 saturated carbocycles. The number of aliphatic carboxylic acids is 1. The number of hydrogen-bond acceptors (Lipinski definition) is 5. The van der Waals surface area contributed by atoms with Gasteiger partial charge in [-0.3, -0.25) is 9.10 Å². The largest absolute Gasteiger partial charge is 0.497 e. The second-order valence-electron chi connectivity index (χ2n) is 8.27. The van der Waals surface area contributed by atoms with Crippen LogP contribution in [0.15, 0.2) is 65.6 Å². The fourth-order valence-corrected chi connectivity index (χ4v) is 5.78. The lowest BCUT2D eigenvalue weighted by molar-refractivity contribution is -0.138. The van der Waals surface area contributed by atoms with Crippen molar-refractivity contribution in [2.45, 2.75) is 30.0 Å². The number of carboxylic acids is 1. The highest BCUT2D eigenvalue weighted by molar-refractivity contribution is 7.92. The molecule has 0 aliphatic carbocycles. The molecule has 1 aliphatic rings. The number of hydrogen-bond donors (Lipinski definition) is 1. The number of carbonyl (C=O) groups is 1. The van der Waals surface area contributed by atoms with E-state index in [-0.39, 0.29) is 35.8 Å². The molecule has 37 heavy (non-hydrogen) atoms. The number of alkyl halides is 3. The van der Waals surface area contributed by atoms with Crippen LogP contribution in [0.2, 0.25) is 5.02 Å². The zero-order valence-corrected chi connectivity index (χ0v) is 20.9. The Hall–Kier alpha value is -3.44. The van der Waals surface area contributed by atoms with E-state index < -0.39 is 38.7 Å². The van der Waals surface area contributed by atoms with Crippen LogP contribution in [-0.4, -0.2) is 39.3 Å². The molecule has 3 aromatic rings. The molecule has 1 atom stereocenters. The summed E-state index contributed by atoms with van der Waals surface area (Å²) in [6.07, 6.45) is -5.94. The third-order valence-electron chi connectivity index (χ3n) is 5.79. The van der Waals surface area contributed by atoms with E-state index in [0.29, 0.717) is 22.9 Å². The minimum Gasteiger partial charge on any atom is -0.497 e. The first kappa shape index (κ1) is 26.6. The molecule has 1 aliphatic heterocycles. The minimum atomic E-state index is -4.74. The lowest BCUT2D eigenvalue weighted by Gasteiger charge is -2.36. The van der Waals surface area contributed by atoms with E-state index in [1.807, 2.05) is 0 Å². The predicted molar refractivity (Wildman–Crippen MR) is 131 cm³/mol. The van der Waals surface area contributed by atoms with E-state index in [9.17, 15) is 26.4 Å². The molecule has 0 fully saturated rings. The average Bonchev–Trinajstić information content (AvgIpc) is 2.86. The van der Waals surface area contributed by atoms with Gasteiger partial charge in [-0.2, -0.15) is 13.2 Å². The van der Waals surface area contributed by atoms with Crippen LogP contribution in [0.25, 0.3) is 11.1 Å². The topological polar surface area (TPSA) is 93.1 Å². The molecule has 7 nitrogen and oxygen atoms in total. The molecular weight excluding hydrogens is 535 g/mol. The van der Waals surface area contributed by atoms with E-state index in [4.69, 9.17) is 26.2 Å². The van der Waals surface area contributed by atoms with Crippen LogP contribution in [0.3, 0.4) is 0 Å². The Kier molecular flexibility index (Phi) is 7.29. The molecule has 196 valence electrons. The van der Waals surface area contributed by atoms with Gasteiger partial charge in [0.2, 0.25) is 0 Å². The number of fused-ring (bicyclic) bond motifs is 1. The number of benzene rings is 3. The number of sulfonamides is 1. The Morgan fingerprint density at radius 1 is 1.16 bits per heavy atom. The Morgan fingerprint density at radius 2 is 1.89 bits per heavy atom. The summed E-state index contributed by atoms with van der Waals surface area (Å²) in [5.74, 6) is -0.508. The third kappa shape index (κ3) is 5.62. The molecule has 0 bridgehead atoms. The number of rotatable bonds is 7. The number of nitrogens with zero attached hydrogens (tertiary/aromatic N) is 1. The van der Waals surface area contributed by atoms with Gasteiger partial charge in [-0.15, -0.1) is 0 Å². The molecule has 1 N–H and O–H groups in total. The minimum absolute atomic E-state index is 0.0291. The summed E-state index contributed by atoms with van der Waals surface area (Å²) >= 11 is 6.51. The van der Waals surface area contributed by atoms with E-state index in [0.717, 1.165) is 22.5 Å². The van der Waals surface area contributed by atoms with Crippen molar-refractivity contribution >= 4 is 33.3 Å². The lowest BCUT2D eigenvalue weighted by Crippen LogP contribution is -2.43. The second-order valence-corrected chi connectivity index (χ2v) is 10.5. The van der Waals surface area contributed by atoms with Gasteiger partial charge >= 0.3 is 12.1 Å². The van der Waals surface area contributed by atoms with Crippen molar-refractivity contribution in [2.24, 2.45) is 0 Å². The van der Waals surface area contributed by atoms with Crippen molar-refractivity contribution in [1.29, 1.82) is 0 Å². The van der Waals surface area contributed by atoms with E-state index in [2.05, 4.69) is 0 Å². The van der Waals surface area contributed by atoms with Gasteiger partial charge in [-0.25, -0.2) is 8.42 Å².